The molecule has 1 heterocycles. The van der Waals surface area contributed by atoms with Gasteiger partial charge in [0, 0.05) is 12.2 Å². The van der Waals surface area contributed by atoms with Gasteiger partial charge in [-0.15, -0.1) is 0 Å². The van der Waals surface area contributed by atoms with Crippen molar-refractivity contribution in [2.75, 3.05) is 18.5 Å². The summed E-state index contributed by atoms with van der Waals surface area (Å²) < 4.78 is 10.0. The zero-order valence-corrected chi connectivity index (χ0v) is 15.3. The van der Waals surface area contributed by atoms with Crippen molar-refractivity contribution >= 4 is 23.5 Å². The molecule has 1 aromatic heterocycles. The molecule has 7 nitrogen and oxygen atoms in total. The van der Waals surface area contributed by atoms with Gasteiger partial charge in [0.15, 0.2) is 12.4 Å². The van der Waals surface area contributed by atoms with Crippen molar-refractivity contribution < 1.29 is 23.5 Å². The van der Waals surface area contributed by atoms with Crippen LogP contribution in [0.25, 0.3) is 0 Å². The minimum atomic E-state index is -0.597. The summed E-state index contributed by atoms with van der Waals surface area (Å²) in [6.07, 6.45) is 5.67. The molecule has 0 spiro atoms. The second kappa shape index (κ2) is 10.8. The van der Waals surface area contributed by atoms with Gasteiger partial charge >= 0.3 is 5.97 Å². The van der Waals surface area contributed by atoms with Gasteiger partial charge in [0.25, 0.3) is 11.8 Å². The van der Waals surface area contributed by atoms with Crippen molar-refractivity contribution in [3.05, 3.63) is 54.0 Å². The fourth-order valence-corrected chi connectivity index (χ4v) is 2.34. The largest absolute Gasteiger partial charge is 0.459 e. The Hall–Kier alpha value is -3.09. The van der Waals surface area contributed by atoms with Gasteiger partial charge in [-0.25, -0.2) is 4.79 Å². The fourth-order valence-electron chi connectivity index (χ4n) is 2.34. The third-order valence-electron chi connectivity index (χ3n) is 3.81. The monoisotopic (exact) mass is 372 g/mol. The SMILES string of the molecule is CCCCCCNC(=O)COC(=O)c1ccc(NC(=O)c2ccco2)cc1. The molecule has 144 valence electrons. The smallest absolute Gasteiger partial charge is 0.338 e. The van der Waals surface area contributed by atoms with E-state index in [4.69, 9.17) is 9.15 Å². The first kappa shape index (κ1) is 20.2. The van der Waals surface area contributed by atoms with Gasteiger partial charge in [0.1, 0.15) is 0 Å². The van der Waals surface area contributed by atoms with Gasteiger partial charge in [-0.3, -0.25) is 9.59 Å². The summed E-state index contributed by atoms with van der Waals surface area (Å²) in [6, 6.07) is 9.35. The Kier molecular flexibility index (Phi) is 8.09. The number of rotatable bonds is 10. The zero-order chi connectivity index (χ0) is 19.5. The van der Waals surface area contributed by atoms with Crippen LogP contribution in [-0.2, 0) is 9.53 Å². The van der Waals surface area contributed by atoms with E-state index in [0.29, 0.717) is 17.8 Å². The van der Waals surface area contributed by atoms with Crippen LogP contribution in [0.4, 0.5) is 5.69 Å². The van der Waals surface area contributed by atoms with E-state index in [-0.39, 0.29) is 24.2 Å². The normalized spacial score (nSPS) is 10.3. The van der Waals surface area contributed by atoms with Crippen molar-refractivity contribution in [3.8, 4) is 0 Å². The van der Waals surface area contributed by atoms with Crippen molar-refractivity contribution in [3.63, 3.8) is 0 Å². The van der Waals surface area contributed by atoms with E-state index in [9.17, 15) is 14.4 Å². The highest BCUT2D eigenvalue weighted by Gasteiger charge is 2.12. The molecule has 0 aliphatic heterocycles. The predicted molar refractivity (Wildman–Crippen MR) is 101 cm³/mol. The van der Waals surface area contributed by atoms with Gasteiger partial charge in [0.05, 0.1) is 11.8 Å². The van der Waals surface area contributed by atoms with E-state index in [1.54, 1.807) is 24.3 Å². The van der Waals surface area contributed by atoms with Crippen LogP contribution in [0, 0.1) is 0 Å². The molecule has 0 saturated heterocycles. The Balaban J connectivity index is 1.73. The number of amides is 2. The topological polar surface area (TPSA) is 97.6 Å². The molecule has 7 heteroatoms. The standard InChI is InChI=1S/C20H24N2O5/c1-2-3-4-5-12-21-18(23)14-27-20(25)15-8-10-16(11-9-15)22-19(24)17-7-6-13-26-17/h6-11,13H,2-5,12,14H2,1H3,(H,21,23)(H,22,24). The van der Waals surface area contributed by atoms with Crippen molar-refractivity contribution in [1.82, 2.24) is 5.32 Å². The second-order valence-corrected chi connectivity index (χ2v) is 6.00. The van der Waals surface area contributed by atoms with Gasteiger partial charge < -0.3 is 19.8 Å². The van der Waals surface area contributed by atoms with Crippen LogP contribution >= 0.6 is 0 Å². The highest BCUT2D eigenvalue weighted by atomic mass is 16.5. The molecule has 0 atom stereocenters. The predicted octanol–water partition coefficient (Wildman–Crippen LogP) is 3.39. The highest BCUT2D eigenvalue weighted by Crippen LogP contribution is 2.12. The van der Waals surface area contributed by atoms with E-state index in [2.05, 4.69) is 17.6 Å². The molecule has 0 radical (unpaired) electrons. The summed E-state index contributed by atoms with van der Waals surface area (Å²) in [4.78, 5) is 35.5. The van der Waals surface area contributed by atoms with Gasteiger partial charge in [0.2, 0.25) is 0 Å². The molecule has 2 N–H and O–H groups in total. The summed E-state index contributed by atoms with van der Waals surface area (Å²) >= 11 is 0. The van der Waals surface area contributed by atoms with Gasteiger partial charge in [-0.1, -0.05) is 26.2 Å². The fraction of sp³-hybridized carbons (Fsp3) is 0.350. The summed E-state index contributed by atoms with van der Waals surface area (Å²) in [7, 11) is 0. The summed E-state index contributed by atoms with van der Waals surface area (Å²) in [6.45, 7) is 2.39. The number of ether oxygens (including phenoxy) is 1. The molecule has 2 amide bonds. The van der Waals surface area contributed by atoms with Crippen LogP contribution in [0.15, 0.2) is 47.1 Å². The number of hydrogen-bond donors (Lipinski definition) is 2. The summed E-state index contributed by atoms with van der Waals surface area (Å²) in [5, 5.41) is 5.37. The van der Waals surface area contributed by atoms with Crippen LogP contribution in [0.1, 0.15) is 53.5 Å². The van der Waals surface area contributed by atoms with E-state index < -0.39 is 5.97 Å². The van der Waals surface area contributed by atoms with E-state index in [1.807, 2.05) is 0 Å². The third kappa shape index (κ3) is 6.97. The summed E-state index contributed by atoms with van der Waals surface area (Å²) in [5.74, 6) is -1.10. The number of nitrogens with one attached hydrogen (secondary N) is 2. The Morgan fingerprint density at radius 2 is 1.81 bits per heavy atom. The molecule has 2 aromatic rings. The maximum absolute atomic E-state index is 12.0. The minimum Gasteiger partial charge on any atom is -0.459 e. The van der Waals surface area contributed by atoms with Crippen LogP contribution in [0.2, 0.25) is 0 Å². The first-order chi connectivity index (χ1) is 13.1. The number of hydrogen-bond acceptors (Lipinski definition) is 5. The van der Waals surface area contributed by atoms with Crippen molar-refractivity contribution in [2.45, 2.75) is 32.6 Å². The molecule has 0 aliphatic carbocycles. The Bertz CT molecular complexity index is 738. The minimum absolute atomic E-state index is 0.194. The Morgan fingerprint density at radius 3 is 2.48 bits per heavy atom. The van der Waals surface area contributed by atoms with Gasteiger partial charge in [-0.05, 0) is 42.8 Å². The van der Waals surface area contributed by atoms with E-state index in [0.717, 1.165) is 25.7 Å². The maximum Gasteiger partial charge on any atom is 0.338 e. The van der Waals surface area contributed by atoms with Crippen LogP contribution in [-0.4, -0.2) is 30.9 Å². The number of anilines is 1. The molecule has 0 fully saturated rings. The molecular formula is C20H24N2O5. The highest BCUT2D eigenvalue weighted by molar-refractivity contribution is 6.02. The zero-order valence-electron chi connectivity index (χ0n) is 15.3. The van der Waals surface area contributed by atoms with Crippen molar-refractivity contribution in [2.24, 2.45) is 0 Å². The van der Waals surface area contributed by atoms with Crippen molar-refractivity contribution in [1.29, 1.82) is 0 Å². The van der Waals surface area contributed by atoms with Crippen LogP contribution in [0.3, 0.4) is 0 Å². The van der Waals surface area contributed by atoms with E-state index >= 15 is 0 Å². The first-order valence-electron chi connectivity index (χ1n) is 8.99. The maximum atomic E-state index is 12.0. The van der Waals surface area contributed by atoms with Crippen LogP contribution in [0.5, 0.6) is 0 Å². The average Bonchev–Trinajstić information content (AvgIpc) is 3.21. The molecule has 1 aromatic carbocycles. The Morgan fingerprint density at radius 1 is 1.04 bits per heavy atom. The second-order valence-electron chi connectivity index (χ2n) is 6.00. The van der Waals surface area contributed by atoms with E-state index in [1.165, 1.54) is 18.4 Å². The number of carbonyl (C=O) groups excluding carboxylic acids is 3. The molecule has 0 saturated carbocycles. The Labute approximate surface area is 158 Å². The number of benzene rings is 1. The number of esters is 1. The lowest BCUT2D eigenvalue weighted by molar-refractivity contribution is -0.124. The average molecular weight is 372 g/mol. The molecule has 27 heavy (non-hydrogen) atoms. The molecular weight excluding hydrogens is 348 g/mol. The first-order valence-corrected chi connectivity index (χ1v) is 8.99. The summed E-state index contributed by atoms with van der Waals surface area (Å²) in [5.41, 5.74) is 0.805. The molecule has 0 aliphatic rings. The lowest BCUT2D eigenvalue weighted by atomic mass is 10.2. The lowest BCUT2D eigenvalue weighted by Gasteiger charge is -2.07. The number of carbonyl (C=O) groups is 3. The number of unbranched alkanes of at least 4 members (excludes halogenated alkanes) is 3. The quantitative estimate of drug-likeness (QED) is 0.492. The lowest BCUT2D eigenvalue weighted by Crippen LogP contribution is -2.29. The molecule has 0 unspecified atom stereocenters. The van der Waals surface area contributed by atoms with Gasteiger partial charge in [-0.2, -0.15) is 0 Å². The number of furan rings is 1. The van der Waals surface area contributed by atoms with Crippen LogP contribution < -0.4 is 10.6 Å². The molecule has 0 bridgehead atoms. The third-order valence-corrected chi connectivity index (χ3v) is 3.81. The molecule has 2 rings (SSSR count).